The Morgan fingerprint density at radius 2 is 2.13 bits per heavy atom. The van der Waals surface area contributed by atoms with Crippen LogP contribution in [0.15, 0.2) is 41.8 Å². The van der Waals surface area contributed by atoms with E-state index in [2.05, 4.69) is 0 Å². The van der Waals surface area contributed by atoms with Gasteiger partial charge in [0.05, 0.1) is 4.88 Å². The molecule has 2 aromatic rings. The first-order chi connectivity index (χ1) is 7.25. The Morgan fingerprint density at radius 1 is 1.27 bits per heavy atom. The monoisotopic (exact) mass is 236 g/mol. The molecule has 0 N–H and O–H groups in total. The minimum atomic E-state index is 0.146. The number of carbonyl (C=O) groups excluding carboxylic acids is 1. The Morgan fingerprint density at radius 3 is 2.80 bits per heavy atom. The number of thiophene rings is 1. The lowest BCUT2D eigenvalue weighted by molar-refractivity contribution is 0.0997. The molecule has 0 saturated carbocycles. The van der Waals surface area contributed by atoms with Crippen molar-refractivity contribution in [3.8, 4) is 0 Å². The van der Waals surface area contributed by atoms with Crippen LogP contribution in [-0.4, -0.2) is 5.78 Å². The van der Waals surface area contributed by atoms with Crippen molar-refractivity contribution >= 4 is 28.7 Å². The average Bonchev–Trinajstić information content (AvgIpc) is 2.70. The zero-order valence-corrected chi connectivity index (χ0v) is 9.52. The molecule has 0 aliphatic carbocycles. The molecule has 0 aliphatic heterocycles. The molecule has 1 heterocycles. The van der Waals surface area contributed by atoms with Crippen LogP contribution in [0.4, 0.5) is 0 Å². The van der Waals surface area contributed by atoms with Gasteiger partial charge >= 0.3 is 0 Å². The van der Waals surface area contributed by atoms with Crippen molar-refractivity contribution in [1.82, 2.24) is 0 Å². The third-order valence-corrected chi connectivity index (χ3v) is 3.20. The van der Waals surface area contributed by atoms with E-state index in [1.54, 1.807) is 6.07 Å². The smallest absolute Gasteiger partial charge is 0.177 e. The van der Waals surface area contributed by atoms with Crippen molar-refractivity contribution in [2.75, 3.05) is 0 Å². The highest BCUT2D eigenvalue weighted by molar-refractivity contribution is 7.12. The summed E-state index contributed by atoms with van der Waals surface area (Å²) in [5.74, 6) is 0.146. The van der Waals surface area contributed by atoms with Crippen LogP contribution in [0.3, 0.4) is 0 Å². The summed E-state index contributed by atoms with van der Waals surface area (Å²) in [5.41, 5.74) is 0.959. The predicted octanol–water partition coefficient (Wildman–Crippen LogP) is 3.83. The summed E-state index contributed by atoms with van der Waals surface area (Å²) in [6, 6.07) is 11.1. The topological polar surface area (TPSA) is 17.1 Å². The van der Waals surface area contributed by atoms with Gasteiger partial charge < -0.3 is 0 Å². The molecule has 0 bridgehead atoms. The molecule has 15 heavy (non-hydrogen) atoms. The van der Waals surface area contributed by atoms with Gasteiger partial charge in [0.25, 0.3) is 0 Å². The third-order valence-electron chi connectivity index (χ3n) is 2.05. The van der Waals surface area contributed by atoms with Gasteiger partial charge in [-0.1, -0.05) is 29.8 Å². The standard InChI is InChI=1S/C12H9ClOS/c13-10-4-1-3-9(7-10)8-11(14)12-5-2-6-15-12/h1-7H,8H2. The Labute approximate surface area is 97.3 Å². The number of carbonyl (C=O) groups is 1. The van der Waals surface area contributed by atoms with E-state index in [0.717, 1.165) is 10.4 Å². The lowest BCUT2D eigenvalue weighted by Gasteiger charge is -1.99. The SMILES string of the molecule is O=C(Cc1cccc(Cl)c1)c1cccs1. The molecule has 0 atom stereocenters. The summed E-state index contributed by atoms with van der Waals surface area (Å²) in [6.45, 7) is 0. The van der Waals surface area contributed by atoms with Crippen molar-refractivity contribution < 1.29 is 4.79 Å². The van der Waals surface area contributed by atoms with Crippen molar-refractivity contribution in [2.24, 2.45) is 0 Å². The Balaban J connectivity index is 2.13. The van der Waals surface area contributed by atoms with E-state index in [1.165, 1.54) is 11.3 Å². The minimum Gasteiger partial charge on any atom is -0.293 e. The van der Waals surface area contributed by atoms with Crippen LogP contribution in [-0.2, 0) is 6.42 Å². The molecule has 3 heteroatoms. The van der Waals surface area contributed by atoms with Crippen molar-refractivity contribution in [2.45, 2.75) is 6.42 Å². The summed E-state index contributed by atoms with van der Waals surface area (Å²) >= 11 is 7.32. The Hall–Kier alpha value is -1.12. The number of ketones is 1. The van der Waals surface area contributed by atoms with E-state index in [-0.39, 0.29) is 5.78 Å². The molecule has 76 valence electrons. The fraction of sp³-hybridized carbons (Fsp3) is 0.0833. The molecule has 1 aromatic heterocycles. The zero-order valence-electron chi connectivity index (χ0n) is 7.94. The predicted molar refractivity (Wildman–Crippen MR) is 63.8 cm³/mol. The van der Waals surface area contributed by atoms with Crippen LogP contribution in [0.25, 0.3) is 0 Å². The lowest BCUT2D eigenvalue weighted by Crippen LogP contribution is -2.00. The second-order valence-electron chi connectivity index (χ2n) is 3.21. The van der Waals surface area contributed by atoms with E-state index >= 15 is 0 Å². The maximum Gasteiger partial charge on any atom is 0.177 e. The molecule has 0 saturated heterocycles. The van der Waals surface area contributed by atoms with Crippen molar-refractivity contribution in [3.05, 3.63) is 57.2 Å². The first kappa shape index (κ1) is 10.4. The van der Waals surface area contributed by atoms with E-state index in [1.807, 2.05) is 35.7 Å². The molecule has 0 fully saturated rings. The molecular weight excluding hydrogens is 228 g/mol. The third kappa shape index (κ3) is 2.67. The molecule has 0 spiro atoms. The van der Waals surface area contributed by atoms with Gasteiger partial charge in [-0.25, -0.2) is 0 Å². The molecule has 0 unspecified atom stereocenters. The van der Waals surface area contributed by atoms with E-state index < -0.39 is 0 Å². The summed E-state index contributed by atoms with van der Waals surface area (Å²) in [5, 5.41) is 2.58. The van der Waals surface area contributed by atoms with Gasteiger partial charge in [0, 0.05) is 11.4 Å². The second-order valence-corrected chi connectivity index (χ2v) is 4.59. The first-order valence-electron chi connectivity index (χ1n) is 4.57. The van der Waals surface area contributed by atoms with Gasteiger partial charge in [0.1, 0.15) is 0 Å². The van der Waals surface area contributed by atoms with Crippen LogP contribution >= 0.6 is 22.9 Å². The van der Waals surface area contributed by atoms with Gasteiger partial charge in [-0.3, -0.25) is 4.79 Å². The lowest BCUT2D eigenvalue weighted by atomic mass is 10.1. The highest BCUT2D eigenvalue weighted by Crippen LogP contribution is 2.15. The summed E-state index contributed by atoms with van der Waals surface area (Å²) in [6.07, 6.45) is 0.418. The quantitative estimate of drug-likeness (QED) is 0.741. The summed E-state index contributed by atoms with van der Waals surface area (Å²) < 4.78 is 0. The number of benzene rings is 1. The number of halogens is 1. The zero-order chi connectivity index (χ0) is 10.7. The van der Waals surface area contributed by atoms with Crippen LogP contribution in [0.5, 0.6) is 0 Å². The first-order valence-corrected chi connectivity index (χ1v) is 5.82. The van der Waals surface area contributed by atoms with Crippen LogP contribution in [0.2, 0.25) is 5.02 Å². The van der Waals surface area contributed by atoms with Crippen LogP contribution < -0.4 is 0 Å². The van der Waals surface area contributed by atoms with Crippen LogP contribution in [0, 0.1) is 0 Å². The Kier molecular flexibility index (Phi) is 3.19. The largest absolute Gasteiger partial charge is 0.293 e. The molecule has 1 nitrogen and oxygen atoms in total. The highest BCUT2D eigenvalue weighted by Gasteiger charge is 2.07. The van der Waals surface area contributed by atoms with Crippen molar-refractivity contribution in [1.29, 1.82) is 0 Å². The number of hydrogen-bond donors (Lipinski definition) is 0. The number of rotatable bonds is 3. The van der Waals surface area contributed by atoms with Gasteiger partial charge in [-0.15, -0.1) is 11.3 Å². The summed E-state index contributed by atoms with van der Waals surface area (Å²) in [7, 11) is 0. The van der Waals surface area contributed by atoms with E-state index in [0.29, 0.717) is 11.4 Å². The molecule has 0 amide bonds. The average molecular weight is 237 g/mol. The maximum absolute atomic E-state index is 11.8. The molecule has 0 aliphatic rings. The molecule has 0 radical (unpaired) electrons. The van der Waals surface area contributed by atoms with Crippen molar-refractivity contribution in [3.63, 3.8) is 0 Å². The normalized spacial score (nSPS) is 10.2. The highest BCUT2D eigenvalue weighted by atomic mass is 35.5. The van der Waals surface area contributed by atoms with Gasteiger partial charge in [0.2, 0.25) is 0 Å². The molecule has 1 aromatic carbocycles. The second kappa shape index (κ2) is 4.60. The fourth-order valence-corrected chi connectivity index (χ4v) is 2.23. The van der Waals surface area contributed by atoms with Gasteiger partial charge in [-0.05, 0) is 29.1 Å². The number of Topliss-reactive ketones (excluding diaryl/α,β-unsaturated/α-hetero) is 1. The van der Waals surface area contributed by atoms with Crippen LogP contribution in [0.1, 0.15) is 15.2 Å². The maximum atomic E-state index is 11.8. The molecular formula is C12H9ClOS. The van der Waals surface area contributed by atoms with E-state index in [4.69, 9.17) is 11.6 Å². The number of hydrogen-bond acceptors (Lipinski definition) is 2. The molecule has 2 rings (SSSR count). The van der Waals surface area contributed by atoms with E-state index in [9.17, 15) is 4.79 Å². The minimum absolute atomic E-state index is 0.146. The fourth-order valence-electron chi connectivity index (χ4n) is 1.36. The van der Waals surface area contributed by atoms with Gasteiger partial charge in [-0.2, -0.15) is 0 Å². The Bertz CT molecular complexity index is 462. The van der Waals surface area contributed by atoms with Gasteiger partial charge in [0.15, 0.2) is 5.78 Å². The summed E-state index contributed by atoms with van der Waals surface area (Å²) in [4.78, 5) is 12.6.